The molecule has 1 unspecified atom stereocenters. The maximum atomic E-state index is 5.98. The molecular formula is C21H36N4O3. The van der Waals surface area contributed by atoms with E-state index in [0.717, 1.165) is 82.9 Å². The van der Waals surface area contributed by atoms with Gasteiger partial charge in [-0.25, -0.2) is 0 Å². The van der Waals surface area contributed by atoms with E-state index in [1.54, 1.807) is 0 Å². The lowest BCUT2D eigenvalue weighted by atomic mass is 10.1. The van der Waals surface area contributed by atoms with Crippen molar-refractivity contribution in [2.75, 3.05) is 59.1 Å². The van der Waals surface area contributed by atoms with Crippen molar-refractivity contribution < 1.29 is 13.9 Å². The van der Waals surface area contributed by atoms with Crippen LogP contribution in [0.5, 0.6) is 0 Å². The Hall–Kier alpha value is -1.57. The number of likely N-dealkylation sites (tertiary alicyclic amines) is 1. The van der Waals surface area contributed by atoms with Crippen LogP contribution in [0.15, 0.2) is 21.5 Å². The first-order valence-electron chi connectivity index (χ1n) is 10.7. The molecule has 2 saturated heterocycles. The number of furan rings is 1. The van der Waals surface area contributed by atoms with Crippen LogP contribution in [-0.4, -0.2) is 81.0 Å². The van der Waals surface area contributed by atoms with Gasteiger partial charge in [-0.15, -0.1) is 0 Å². The summed E-state index contributed by atoms with van der Waals surface area (Å²) in [5, 5.41) is 3.48. The number of ether oxygens (including phenoxy) is 2. The summed E-state index contributed by atoms with van der Waals surface area (Å²) < 4.78 is 17.3. The highest BCUT2D eigenvalue weighted by molar-refractivity contribution is 5.80. The predicted molar refractivity (Wildman–Crippen MR) is 111 cm³/mol. The van der Waals surface area contributed by atoms with E-state index in [-0.39, 0.29) is 6.04 Å². The van der Waals surface area contributed by atoms with E-state index in [1.165, 1.54) is 0 Å². The summed E-state index contributed by atoms with van der Waals surface area (Å²) in [4.78, 5) is 9.81. The molecular weight excluding hydrogens is 356 g/mol. The van der Waals surface area contributed by atoms with Gasteiger partial charge in [-0.1, -0.05) is 0 Å². The van der Waals surface area contributed by atoms with Crippen LogP contribution in [0.1, 0.15) is 44.3 Å². The predicted octanol–water partition coefficient (Wildman–Crippen LogP) is 2.43. The number of hydrogen-bond donors (Lipinski definition) is 1. The molecule has 28 heavy (non-hydrogen) atoms. The van der Waals surface area contributed by atoms with Crippen molar-refractivity contribution in [3.05, 3.63) is 23.7 Å². The third-order valence-corrected chi connectivity index (χ3v) is 5.47. The maximum absolute atomic E-state index is 5.98. The van der Waals surface area contributed by atoms with Crippen LogP contribution >= 0.6 is 0 Å². The van der Waals surface area contributed by atoms with Gasteiger partial charge in [0.15, 0.2) is 5.96 Å². The zero-order chi connectivity index (χ0) is 19.8. The summed E-state index contributed by atoms with van der Waals surface area (Å²) in [6.45, 7) is 13.9. The summed E-state index contributed by atoms with van der Waals surface area (Å²) in [7, 11) is 0. The number of nitrogens with one attached hydrogen (secondary N) is 1. The highest BCUT2D eigenvalue weighted by Gasteiger charge is 2.26. The lowest BCUT2D eigenvalue weighted by molar-refractivity contribution is 0.0133. The van der Waals surface area contributed by atoms with Crippen molar-refractivity contribution in [2.24, 2.45) is 4.99 Å². The number of aliphatic imine (C=N–C) groups is 1. The lowest BCUT2D eigenvalue weighted by Crippen LogP contribution is -2.47. The molecule has 1 atom stereocenters. The minimum atomic E-state index is 0.146. The van der Waals surface area contributed by atoms with E-state index in [2.05, 4.69) is 35.0 Å². The average Bonchev–Trinajstić information content (AvgIpc) is 3.15. The standard InChI is InChI=1S/C21H36N4O3/c1-4-22-21(25-10-8-18(9-11-25)27-5-2)23-16-19(20-7-6-17(3)28-20)24-12-14-26-15-13-24/h6-7,18-19H,4-5,8-16H2,1-3H3,(H,22,23). The third-order valence-electron chi connectivity index (χ3n) is 5.47. The van der Waals surface area contributed by atoms with Crippen LogP contribution in [-0.2, 0) is 9.47 Å². The van der Waals surface area contributed by atoms with E-state index < -0.39 is 0 Å². The average molecular weight is 393 g/mol. The number of morpholine rings is 1. The molecule has 7 heteroatoms. The van der Waals surface area contributed by atoms with Crippen LogP contribution < -0.4 is 5.32 Å². The van der Waals surface area contributed by atoms with Crippen molar-refractivity contribution in [3.8, 4) is 0 Å². The van der Waals surface area contributed by atoms with E-state index in [4.69, 9.17) is 18.9 Å². The smallest absolute Gasteiger partial charge is 0.193 e. The molecule has 2 aliphatic heterocycles. The highest BCUT2D eigenvalue weighted by atomic mass is 16.5. The molecule has 3 heterocycles. The van der Waals surface area contributed by atoms with Gasteiger partial charge in [-0.2, -0.15) is 0 Å². The molecule has 2 fully saturated rings. The first kappa shape index (κ1) is 21.1. The molecule has 7 nitrogen and oxygen atoms in total. The molecule has 0 bridgehead atoms. The Labute approximate surface area is 169 Å². The number of guanidine groups is 1. The molecule has 0 spiro atoms. The second-order valence-corrected chi connectivity index (χ2v) is 7.45. The zero-order valence-corrected chi connectivity index (χ0v) is 17.7. The van der Waals surface area contributed by atoms with E-state index in [0.29, 0.717) is 12.6 Å². The molecule has 1 aromatic rings. The van der Waals surface area contributed by atoms with Gasteiger partial charge >= 0.3 is 0 Å². The fourth-order valence-corrected chi connectivity index (χ4v) is 3.98. The Morgan fingerprint density at radius 2 is 1.96 bits per heavy atom. The van der Waals surface area contributed by atoms with Crippen LogP contribution in [0.3, 0.4) is 0 Å². The molecule has 0 aliphatic carbocycles. The van der Waals surface area contributed by atoms with Gasteiger partial charge < -0.3 is 24.1 Å². The Balaban J connectivity index is 1.69. The Morgan fingerprint density at radius 1 is 1.21 bits per heavy atom. The van der Waals surface area contributed by atoms with Crippen molar-refractivity contribution in [1.29, 1.82) is 0 Å². The van der Waals surface area contributed by atoms with Gasteiger partial charge in [0.2, 0.25) is 0 Å². The van der Waals surface area contributed by atoms with Crippen molar-refractivity contribution in [1.82, 2.24) is 15.1 Å². The summed E-state index contributed by atoms with van der Waals surface area (Å²) in [5.41, 5.74) is 0. The molecule has 0 saturated carbocycles. The summed E-state index contributed by atoms with van der Waals surface area (Å²) in [5.74, 6) is 2.94. The normalized spacial score (nSPS) is 21.1. The fourth-order valence-electron chi connectivity index (χ4n) is 3.98. The van der Waals surface area contributed by atoms with E-state index >= 15 is 0 Å². The minimum absolute atomic E-state index is 0.146. The zero-order valence-electron chi connectivity index (χ0n) is 17.7. The second-order valence-electron chi connectivity index (χ2n) is 7.45. The van der Waals surface area contributed by atoms with Crippen molar-refractivity contribution in [2.45, 2.75) is 45.8 Å². The second kappa shape index (κ2) is 10.8. The molecule has 0 amide bonds. The van der Waals surface area contributed by atoms with Crippen molar-refractivity contribution in [3.63, 3.8) is 0 Å². The Morgan fingerprint density at radius 3 is 2.57 bits per heavy atom. The number of nitrogens with zero attached hydrogens (tertiary/aromatic N) is 3. The number of hydrogen-bond acceptors (Lipinski definition) is 5. The molecule has 3 rings (SSSR count). The molecule has 1 N–H and O–H groups in total. The third kappa shape index (κ3) is 5.72. The fraction of sp³-hybridized carbons (Fsp3) is 0.762. The van der Waals surface area contributed by atoms with Gasteiger partial charge in [-0.3, -0.25) is 9.89 Å². The van der Waals surface area contributed by atoms with E-state index in [1.807, 2.05) is 13.0 Å². The Kier molecular flexibility index (Phi) is 8.18. The minimum Gasteiger partial charge on any atom is -0.465 e. The monoisotopic (exact) mass is 392 g/mol. The van der Waals surface area contributed by atoms with Gasteiger partial charge in [-0.05, 0) is 45.7 Å². The van der Waals surface area contributed by atoms with Crippen LogP contribution in [0.25, 0.3) is 0 Å². The van der Waals surface area contributed by atoms with E-state index in [9.17, 15) is 0 Å². The van der Waals surface area contributed by atoms with Gasteiger partial charge in [0, 0.05) is 39.3 Å². The molecule has 1 aromatic heterocycles. The first-order chi connectivity index (χ1) is 13.7. The van der Waals surface area contributed by atoms with Crippen LogP contribution in [0.4, 0.5) is 0 Å². The quantitative estimate of drug-likeness (QED) is 0.568. The van der Waals surface area contributed by atoms with Gasteiger partial charge in [0.1, 0.15) is 11.5 Å². The van der Waals surface area contributed by atoms with Crippen molar-refractivity contribution >= 4 is 5.96 Å². The topological polar surface area (TPSA) is 62.5 Å². The molecule has 0 aromatic carbocycles. The summed E-state index contributed by atoms with van der Waals surface area (Å²) in [6, 6.07) is 4.27. The summed E-state index contributed by atoms with van der Waals surface area (Å²) >= 11 is 0. The van der Waals surface area contributed by atoms with Crippen LogP contribution in [0, 0.1) is 6.92 Å². The lowest BCUT2D eigenvalue weighted by Gasteiger charge is -2.35. The van der Waals surface area contributed by atoms with Gasteiger partial charge in [0.25, 0.3) is 0 Å². The SMILES string of the molecule is CCNC(=NCC(c1ccc(C)o1)N1CCOCC1)N1CCC(OCC)CC1. The summed E-state index contributed by atoms with van der Waals surface area (Å²) in [6.07, 6.45) is 2.50. The van der Waals surface area contributed by atoms with Crippen LogP contribution in [0.2, 0.25) is 0 Å². The molecule has 0 radical (unpaired) electrons. The molecule has 158 valence electrons. The first-order valence-corrected chi connectivity index (χ1v) is 10.7. The van der Waals surface area contributed by atoms with Gasteiger partial charge in [0.05, 0.1) is 31.9 Å². The highest BCUT2D eigenvalue weighted by Crippen LogP contribution is 2.24. The number of rotatable bonds is 7. The Bertz CT molecular complexity index is 605. The maximum Gasteiger partial charge on any atom is 0.193 e. The number of piperidine rings is 1. The largest absolute Gasteiger partial charge is 0.465 e. The number of aryl methyl sites for hydroxylation is 1. The molecule has 2 aliphatic rings.